The third-order valence-electron chi connectivity index (χ3n) is 4.12. The molecule has 9 nitrogen and oxygen atoms in total. The van der Waals surface area contributed by atoms with Gasteiger partial charge in [-0.15, -0.1) is 0 Å². The zero-order valence-corrected chi connectivity index (χ0v) is 15.8. The van der Waals surface area contributed by atoms with Crippen molar-refractivity contribution in [1.82, 2.24) is 14.6 Å². The molecule has 3 aromatic rings. The normalized spacial score (nSPS) is 11.6. The van der Waals surface area contributed by atoms with Crippen LogP contribution < -0.4 is 4.31 Å². The summed E-state index contributed by atoms with van der Waals surface area (Å²) in [7, 11) is -3.43. The van der Waals surface area contributed by atoms with E-state index in [-0.39, 0.29) is 11.3 Å². The molecule has 0 N–H and O–H groups in total. The molecule has 0 aliphatic heterocycles. The Bertz CT molecular complexity index is 1090. The minimum atomic E-state index is -3.43. The Kier molecular flexibility index (Phi) is 5.08. The number of fused-ring (bicyclic) bond motifs is 1. The van der Waals surface area contributed by atoms with Gasteiger partial charge in [-0.25, -0.2) is 17.9 Å². The average molecular weight is 389 g/mol. The SMILES string of the molecule is CCCCN(c1cccc(-c2ccnc3c([N+](=O)[O-])cnn23)c1)S(C)(=O)=O. The van der Waals surface area contributed by atoms with Crippen molar-refractivity contribution in [1.29, 1.82) is 0 Å². The summed E-state index contributed by atoms with van der Waals surface area (Å²) in [6.07, 6.45) is 5.41. The Morgan fingerprint density at radius 3 is 2.74 bits per heavy atom. The Hall–Kier alpha value is -3.01. The van der Waals surface area contributed by atoms with Crippen LogP contribution in [0, 0.1) is 10.1 Å². The van der Waals surface area contributed by atoms with Gasteiger partial charge in [0.25, 0.3) is 0 Å². The van der Waals surface area contributed by atoms with Crippen LogP contribution >= 0.6 is 0 Å². The fraction of sp³-hybridized carbons (Fsp3) is 0.294. The van der Waals surface area contributed by atoms with E-state index in [1.165, 1.54) is 21.3 Å². The predicted molar refractivity (Wildman–Crippen MR) is 102 cm³/mol. The van der Waals surface area contributed by atoms with Crippen molar-refractivity contribution in [2.24, 2.45) is 0 Å². The van der Waals surface area contributed by atoms with Crippen LogP contribution in [0.15, 0.2) is 42.7 Å². The molecule has 142 valence electrons. The van der Waals surface area contributed by atoms with E-state index in [9.17, 15) is 18.5 Å². The first-order valence-electron chi connectivity index (χ1n) is 8.38. The van der Waals surface area contributed by atoms with Crippen molar-refractivity contribution in [3.8, 4) is 11.3 Å². The molecule has 2 aromatic heterocycles. The minimum absolute atomic E-state index is 0.133. The molecule has 0 amide bonds. The summed E-state index contributed by atoms with van der Waals surface area (Å²) in [5, 5.41) is 15.2. The number of sulfonamides is 1. The third-order valence-corrected chi connectivity index (χ3v) is 5.32. The van der Waals surface area contributed by atoms with Gasteiger partial charge in [-0.1, -0.05) is 25.5 Å². The highest BCUT2D eigenvalue weighted by molar-refractivity contribution is 7.92. The van der Waals surface area contributed by atoms with Gasteiger partial charge in [0.15, 0.2) is 0 Å². The summed E-state index contributed by atoms with van der Waals surface area (Å²) in [5.41, 5.74) is 1.75. The van der Waals surface area contributed by atoms with Gasteiger partial charge in [0.05, 0.1) is 22.6 Å². The number of unbranched alkanes of at least 4 members (excludes halogenated alkanes) is 1. The molecule has 0 spiro atoms. The molecule has 2 heterocycles. The van der Waals surface area contributed by atoms with Crippen molar-refractivity contribution in [2.75, 3.05) is 17.1 Å². The predicted octanol–water partition coefficient (Wildman–Crippen LogP) is 2.87. The second kappa shape index (κ2) is 7.31. The first kappa shape index (κ1) is 18.8. The van der Waals surface area contributed by atoms with Gasteiger partial charge in [0, 0.05) is 18.3 Å². The van der Waals surface area contributed by atoms with E-state index in [4.69, 9.17) is 0 Å². The Balaban J connectivity index is 2.11. The lowest BCUT2D eigenvalue weighted by Gasteiger charge is -2.22. The number of nitrogens with zero attached hydrogens (tertiary/aromatic N) is 5. The summed E-state index contributed by atoms with van der Waals surface area (Å²) >= 11 is 0. The lowest BCUT2D eigenvalue weighted by atomic mass is 10.1. The van der Waals surface area contributed by atoms with E-state index in [0.717, 1.165) is 19.0 Å². The summed E-state index contributed by atoms with van der Waals surface area (Å²) in [6, 6.07) is 8.69. The van der Waals surface area contributed by atoms with Gasteiger partial charge < -0.3 is 0 Å². The first-order chi connectivity index (χ1) is 12.8. The Morgan fingerprint density at radius 1 is 1.30 bits per heavy atom. The second-order valence-corrected chi connectivity index (χ2v) is 8.00. The Morgan fingerprint density at radius 2 is 2.07 bits per heavy atom. The van der Waals surface area contributed by atoms with E-state index in [0.29, 0.717) is 23.5 Å². The molecule has 0 saturated heterocycles. The minimum Gasteiger partial charge on any atom is -0.270 e. The molecule has 0 unspecified atom stereocenters. The molecule has 3 rings (SSSR count). The first-order valence-corrected chi connectivity index (χ1v) is 10.2. The molecule has 0 saturated carbocycles. The highest BCUT2D eigenvalue weighted by atomic mass is 32.2. The van der Waals surface area contributed by atoms with Crippen LogP contribution in [0.25, 0.3) is 16.9 Å². The van der Waals surface area contributed by atoms with Gasteiger partial charge >= 0.3 is 5.69 Å². The van der Waals surface area contributed by atoms with E-state index >= 15 is 0 Å². The lowest BCUT2D eigenvalue weighted by molar-refractivity contribution is -0.383. The van der Waals surface area contributed by atoms with Crippen LogP contribution in [0.4, 0.5) is 11.4 Å². The third kappa shape index (κ3) is 3.75. The van der Waals surface area contributed by atoms with Crippen LogP contribution in [-0.2, 0) is 10.0 Å². The fourth-order valence-electron chi connectivity index (χ4n) is 2.84. The topological polar surface area (TPSA) is 111 Å². The summed E-state index contributed by atoms with van der Waals surface area (Å²) in [6.45, 7) is 2.38. The number of hydrogen-bond donors (Lipinski definition) is 0. The van der Waals surface area contributed by atoms with E-state index in [1.807, 2.05) is 6.92 Å². The van der Waals surface area contributed by atoms with Gasteiger partial charge in [-0.2, -0.15) is 5.10 Å². The van der Waals surface area contributed by atoms with Crippen molar-refractivity contribution in [3.05, 3.63) is 52.8 Å². The lowest BCUT2D eigenvalue weighted by Crippen LogP contribution is -2.30. The largest absolute Gasteiger partial charge is 0.333 e. The van der Waals surface area contributed by atoms with Crippen molar-refractivity contribution < 1.29 is 13.3 Å². The maximum Gasteiger partial charge on any atom is 0.333 e. The molecule has 0 radical (unpaired) electrons. The van der Waals surface area contributed by atoms with E-state index in [2.05, 4.69) is 10.1 Å². The van der Waals surface area contributed by atoms with Crippen LogP contribution in [0.1, 0.15) is 19.8 Å². The zero-order valence-electron chi connectivity index (χ0n) is 14.9. The monoisotopic (exact) mass is 389 g/mol. The molecular formula is C17H19N5O4S. The number of anilines is 1. The standard InChI is InChI=1S/C17H19N5O4S/c1-3-4-10-20(27(2,25)26)14-7-5-6-13(11-14)15-8-9-18-17-16(22(23)24)12-19-21(15)17/h5-9,11-12H,3-4,10H2,1-2H3. The number of benzene rings is 1. The van der Waals surface area contributed by atoms with Gasteiger partial charge in [-0.3, -0.25) is 14.4 Å². The smallest absolute Gasteiger partial charge is 0.270 e. The molecule has 0 bridgehead atoms. The number of aromatic nitrogens is 3. The zero-order chi connectivity index (χ0) is 19.6. The highest BCUT2D eigenvalue weighted by Gasteiger charge is 2.20. The summed E-state index contributed by atoms with van der Waals surface area (Å²) < 4.78 is 27.1. The fourth-order valence-corrected chi connectivity index (χ4v) is 3.79. The summed E-state index contributed by atoms with van der Waals surface area (Å²) in [5.74, 6) is 0. The molecule has 0 fully saturated rings. The van der Waals surface area contributed by atoms with Crippen molar-refractivity contribution >= 4 is 27.0 Å². The number of hydrogen-bond acceptors (Lipinski definition) is 6. The highest BCUT2D eigenvalue weighted by Crippen LogP contribution is 2.28. The molecule has 0 aliphatic carbocycles. The molecule has 0 atom stereocenters. The molecule has 1 aromatic carbocycles. The second-order valence-electron chi connectivity index (χ2n) is 6.09. The van der Waals surface area contributed by atoms with Crippen LogP contribution in [0.3, 0.4) is 0 Å². The molecule has 27 heavy (non-hydrogen) atoms. The summed E-state index contributed by atoms with van der Waals surface area (Å²) in [4.78, 5) is 14.6. The molecule has 0 aliphatic rings. The van der Waals surface area contributed by atoms with E-state index < -0.39 is 14.9 Å². The molecule has 10 heteroatoms. The van der Waals surface area contributed by atoms with Crippen LogP contribution in [0.5, 0.6) is 0 Å². The van der Waals surface area contributed by atoms with Crippen molar-refractivity contribution in [3.63, 3.8) is 0 Å². The van der Waals surface area contributed by atoms with Crippen molar-refractivity contribution in [2.45, 2.75) is 19.8 Å². The van der Waals surface area contributed by atoms with Gasteiger partial charge in [-0.05, 0) is 24.6 Å². The van der Waals surface area contributed by atoms with Crippen LogP contribution in [-0.4, -0.2) is 40.7 Å². The van der Waals surface area contributed by atoms with E-state index in [1.54, 1.807) is 30.3 Å². The maximum absolute atomic E-state index is 12.2. The van der Waals surface area contributed by atoms with Gasteiger partial charge in [0.2, 0.25) is 15.7 Å². The number of nitro groups is 1. The average Bonchev–Trinajstić information content (AvgIpc) is 3.05. The van der Waals surface area contributed by atoms with Crippen LogP contribution in [0.2, 0.25) is 0 Å². The maximum atomic E-state index is 12.2. The number of rotatable bonds is 7. The Labute approximate surface area is 156 Å². The quantitative estimate of drug-likeness (QED) is 0.454. The molecular weight excluding hydrogens is 370 g/mol. The van der Waals surface area contributed by atoms with Gasteiger partial charge in [0.1, 0.15) is 6.20 Å².